The number of hydrogen-bond acceptors (Lipinski definition) is 2. The normalized spacial score (nSPS) is 11.6. The van der Waals surface area contributed by atoms with Crippen molar-refractivity contribution in [1.82, 2.24) is 19.9 Å². The number of rotatable bonds is 2. The lowest BCUT2D eigenvalue weighted by Gasteiger charge is -2.04. The van der Waals surface area contributed by atoms with Gasteiger partial charge in [0.2, 0.25) is 0 Å². The fourth-order valence-corrected chi connectivity index (χ4v) is 4.39. The number of H-pyrrole nitrogens is 2. The lowest BCUT2D eigenvalue weighted by Crippen LogP contribution is -1.84. The molecule has 0 saturated heterocycles. The molecule has 2 aliphatic rings. The van der Waals surface area contributed by atoms with Crippen molar-refractivity contribution in [2.24, 2.45) is 0 Å². The Bertz CT molecular complexity index is 1690. The molecule has 2 aliphatic heterocycles. The van der Waals surface area contributed by atoms with Crippen molar-refractivity contribution in [3.8, 4) is 0 Å². The highest BCUT2D eigenvalue weighted by molar-refractivity contribution is 5.78. The van der Waals surface area contributed by atoms with E-state index in [2.05, 4.69) is 81.1 Å². The fourth-order valence-electron chi connectivity index (χ4n) is 4.39. The zero-order valence-electron chi connectivity index (χ0n) is 20.8. The van der Waals surface area contributed by atoms with Crippen molar-refractivity contribution >= 4 is 51.9 Å². The zero-order chi connectivity index (χ0) is 25.7. The van der Waals surface area contributed by atoms with Gasteiger partial charge in [0.1, 0.15) is 0 Å². The van der Waals surface area contributed by atoms with Crippen LogP contribution in [0.4, 0.5) is 0 Å². The lowest BCUT2D eigenvalue weighted by atomic mass is 10.0. The Hall–Kier alpha value is -5.22. The molecule has 5 aromatic rings. The van der Waals surface area contributed by atoms with Crippen LogP contribution in [-0.2, 0) is 0 Å². The van der Waals surface area contributed by atoms with Crippen LogP contribution in [0.3, 0.4) is 0 Å². The van der Waals surface area contributed by atoms with Gasteiger partial charge in [0, 0.05) is 22.1 Å². The summed E-state index contributed by atoms with van der Waals surface area (Å²) < 4.78 is 0. The van der Waals surface area contributed by atoms with Gasteiger partial charge >= 0.3 is 0 Å². The van der Waals surface area contributed by atoms with Crippen LogP contribution >= 0.6 is 0 Å². The van der Waals surface area contributed by atoms with Crippen molar-refractivity contribution in [2.75, 3.05) is 0 Å². The second-order valence-corrected chi connectivity index (χ2v) is 9.12. The summed E-state index contributed by atoms with van der Waals surface area (Å²) in [6, 6.07) is 36.9. The third-order valence-electron chi connectivity index (χ3n) is 6.29. The molecule has 0 atom stereocenters. The summed E-state index contributed by atoms with van der Waals surface area (Å²) in [7, 11) is 0. The van der Waals surface area contributed by atoms with Gasteiger partial charge in [-0.05, 0) is 89.5 Å². The van der Waals surface area contributed by atoms with Gasteiger partial charge in [0.15, 0.2) is 0 Å². The number of benzene rings is 2. The van der Waals surface area contributed by atoms with Crippen molar-refractivity contribution in [3.63, 3.8) is 0 Å². The summed E-state index contributed by atoms with van der Waals surface area (Å²) in [4.78, 5) is 16.0. The van der Waals surface area contributed by atoms with E-state index in [9.17, 15) is 0 Å². The Morgan fingerprint density at radius 1 is 0.447 bits per heavy atom. The number of aromatic amines is 2. The minimum absolute atomic E-state index is 0.915. The molecule has 0 unspecified atom stereocenters. The Labute approximate surface area is 221 Å². The van der Waals surface area contributed by atoms with Gasteiger partial charge < -0.3 is 9.97 Å². The maximum atomic E-state index is 4.62. The first-order valence-corrected chi connectivity index (χ1v) is 12.5. The van der Waals surface area contributed by atoms with Crippen molar-refractivity contribution in [3.05, 3.63) is 150 Å². The maximum Gasteiger partial charge on any atom is 0.0659 e. The van der Waals surface area contributed by atoms with E-state index in [0.29, 0.717) is 0 Å². The molecule has 0 fully saturated rings. The fraction of sp³-hybridized carbons (Fsp3) is 0. The Morgan fingerprint density at radius 3 is 1.24 bits per heavy atom. The van der Waals surface area contributed by atoms with Crippen molar-refractivity contribution in [2.45, 2.75) is 0 Å². The van der Waals surface area contributed by atoms with E-state index in [4.69, 9.17) is 0 Å². The summed E-state index contributed by atoms with van der Waals surface area (Å²) in [6.07, 6.45) is 8.05. The molecule has 7 rings (SSSR count). The molecule has 0 aliphatic carbocycles. The monoisotopic (exact) mass is 490 g/mol. The standard InChI is InChI=1S/C20H14N4.C14H12/c1-2-14-10-16-5-6-18(23-16)12-20-8-7-19(24-20)11-17-4-3-15(22-17)9-13(1)21-14;1-12(13-8-4-2-5-9-13)14-10-6-3-7-11-14/h1-12,21-22H;2-11H,1H2. The molecule has 0 spiro atoms. The van der Waals surface area contributed by atoms with E-state index in [1.54, 1.807) is 0 Å². The number of aromatic nitrogens is 4. The summed E-state index contributed by atoms with van der Waals surface area (Å²) >= 11 is 0. The molecule has 8 bridgehead atoms. The zero-order valence-corrected chi connectivity index (χ0v) is 20.8. The lowest BCUT2D eigenvalue weighted by molar-refractivity contribution is 1.28. The smallest absolute Gasteiger partial charge is 0.0659 e. The topological polar surface area (TPSA) is 57.4 Å². The van der Waals surface area contributed by atoms with E-state index in [-0.39, 0.29) is 0 Å². The van der Waals surface area contributed by atoms with Gasteiger partial charge in [-0.2, -0.15) is 0 Å². The molecular weight excluding hydrogens is 464 g/mol. The molecule has 0 radical (unpaired) electrons. The minimum Gasteiger partial charge on any atom is -0.355 e. The van der Waals surface area contributed by atoms with Gasteiger partial charge in [-0.3, -0.25) is 0 Å². The predicted molar refractivity (Wildman–Crippen MR) is 160 cm³/mol. The second kappa shape index (κ2) is 10.4. The summed E-state index contributed by atoms with van der Waals surface area (Å²) in [5.74, 6) is 0. The molecule has 0 amide bonds. The second-order valence-electron chi connectivity index (χ2n) is 9.12. The van der Waals surface area contributed by atoms with Gasteiger partial charge in [-0.25, -0.2) is 9.97 Å². The molecular formula is C34H26N4. The number of hydrogen-bond donors (Lipinski definition) is 2. The third-order valence-corrected chi connectivity index (χ3v) is 6.29. The van der Waals surface area contributed by atoms with E-state index in [1.807, 2.05) is 78.9 Å². The minimum atomic E-state index is 0.915. The first kappa shape index (κ1) is 23.2. The van der Waals surface area contributed by atoms with Gasteiger partial charge in [0.05, 0.1) is 22.8 Å². The van der Waals surface area contributed by atoms with Crippen LogP contribution in [0.2, 0.25) is 0 Å². The van der Waals surface area contributed by atoms with E-state index in [1.165, 1.54) is 11.1 Å². The predicted octanol–water partition coefficient (Wildman–Crippen LogP) is 8.40. The Morgan fingerprint density at radius 2 is 0.816 bits per heavy atom. The highest BCUT2D eigenvalue weighted by Crippen LogP contribution is 2.20. The number of fused-ring (bicyclic) bond motifs is 8. The Kier molecular flexibility index (Phi) is 6.35. The van der Waals surface area contributed by atoms with Crippen LogP contribution < -0.4 is 0 Å². The Balaban J connectivity index is 0.000000161. The molecule has 3 aromatic heterocycles. The summed E-state index contributed by atoms with van der Waals surface area (Å²) in [6.45, 7) is 4.10. The van der Waals surface area contributed by atoms with Crippen molar-refractivity contribution < 1.29 is 0 Å². The largest absolute Gasteiger partial charge is 0.355 e. The first-order valence-electron chi connectivity index (χ1n) is 12.5. The van der Waals surface area contributed by atoms with Crippen LogP contribution in [0.5, 0.6) is 0 Å². The number of nitrogens with one attached hydrogen (secondary N) is 2. The van der Waals surface area contributed by atoms with Crippen LogP contribution in [0, 0.1) is 0 Å². The molecule has 38 heavy (non-hydrogen) atoms. The first-order chi connectivity index (χ1) is 18.7. The van der Waals surface area contributed by atoms with Crippen LogP contribution in [0.1, 0.15) is 33.9 Å². The molecule has 4 nitrogen and oxygen atoms in total. The van der Waals surface area contributed by atoms with E-state index >= 15 is 0 Å². The van der Waals surface area contributed by atoms with E-state index < -0.39 is 0 Å². The average molecular weight is 491 g/mol. The van der Waals surface area contributed by atoms with Crippen molar-refractivity contribution in [1.29, 1.82) is 0 Å². The molecule has 2 aromatic carbocycles. The summed E-state index contributed by atoms with van der Waals surface area (Å²) in [5.41, 5.74) is 11.3. The highest BCUT2D eigenvalue weighted by atomic mass is 14.8. The van der Waals surface area contributed by atoms with Gasteiger partial charge in [0.25, 0.3) is 0 Å². The quantitative estimate of drug-likeness (QED) is 0.256. The molecule has 5 heterocycles. The van der Waals surface area contributed by atoms with Crippen LogP contribution in [0.15, 0.2) is 116 Å². The highest BCUT2D eigenvalue weighted by Gasteiger charge is 2.02. The molecule has 2 N–H and O–H groups in total. The van der Waals surface area contributed by atoms with Crippen LogP contribution in [-0.4, -0.2) is 19.9 Å². The van der Waals surface area contributed by atoms with Gasteiger partial charge in [-0.1, -0.05) is 67.2 Å². The molecule has 4 heteroatoms. The third kappa shape index (κ3) is 5.45. The van der Waals surface area contributed by atoms with E-state index in [0.717, 1.165) is 50.4 Å². The maximum absolute atomic E-state index is 4.62. The number of nitrogens with zero attached hydrogens (tertiary/aromatic N) is 2. The average Bonchev–Trinajstić information content (AvgIpc) is 3.76. The van der Waals surface area contributed by atoms with Gasteiger partial charge in [-0.15, -0.1) is 0 Å². The molecule has 182 valence electrons. The van der Waals surface area contributed by atoms with Crippen LogP contribution in [0.25, 0.3) is 51.9 Å². The summed E-state index contributed by atoms with van der Waals surface area (Å²) in [5, 5.41) is 0. The SMILES string of the molecule is C1=Cc2cc3ccc(cc4ccc(cc5nc(cc1n2)C=C5)[nH]4)[nH]3.C=C(c1ccccc1)c1ccccc1. The molecule has 0 saturated carbocycles.